The first kappa shape index (κ1) is 29.0. The number of unbranched alkanes of at least 4 members (excludes halogenated alkanes) is 4. The summed E-state index contributed by atoms with van der Waals surface area (Å²) in [6.07, 6.45) is 6.82. The van der Waals surface area contributed by atoms with Gasteiger partial charge in [-0.25, -0.2) is 0 Å². The van der Waals surface area contributed by atoms with Crippen LogP contribution in [0, 0.1) is 0 Å². The molecule has 0 aromatic carbocycles. The van der Waals surface area contributed by atoms with Gasteiger partial charge in [0, 0.05) is 38.0 Å². The molecule has 0 aliphatic heterocycles. The Hall–Kier alpha value is -0.193. The summed E-state index contributed by atoms with van der Waals surface area (Å²) in [5.74, 6) is 0.216. The molecule has 0 saturated heterocycles. The summed E-state index contributed by atoms with van der Waals surface area (Å²) >= 11 is 6.31. The highest BCUT2D eigenvalue weighted by Gasteiger charge is 2.39. The van der Waals surface area contributed by atoms with E-state index in [1.807, 2.05) is 20.8 Å². The van der Waals surface area contributed by atoms with E-state index in [4.69, 9.17) is 36.3 Å². The largest absolute Gasteiger partial charge is 0.500 e. The van der Waals surface area contributed by atoms with Gasteiger partial charge in [0.15, 0.2) is 0 Å². The Morgan fingerprint density at radius 3 is 1.89 bits per heavy atom. The van der Waals surface area contributed by atoms with Crippen LogP contribution >= 0.6 is 24.0 Å². The second-order valence-corrected chi connectivity index (χ2v) is 10.4. The predicted molar refractivity (Wildman–Crippen MR) is 120 cm³/mol. The summed E-state index contributed by atoms with van der Waals surface area (Å²) in [5, 5.41) is 8.27. The van der Waals surface area contributed by atoms with Crippen molar-refractivity contribution in [3.63, 3.8) is 0 Å². The minimum Gasteiger partial charge on any atom is -0.481 e. The van der Waals surface area contributed by atoms with E-state index in [0.717, 1.165) is 31.1 Å². The molecule has 0 saturated carbocycles. The van der Waals surface area contributed by atoms with Crippen molar-refractivity contribution in [2.45, 2.75) is 78.7 Å². The van der Waals surface area contributed by atoms with Crippen molar-refractivity contribution < 1.29 is 23.2 Å². The molecule has 0 aromatic rings. The van der Waals surface area contributed by atoms with Gasteiger partial charge in [0.1, 0.15) is 4.32 Å². The smallest absolute Gasteiger partial charge is 0.481 e. The van der Waals surface area contributed by atoms with Crippen LogP contribution in [0.4, 0.5) is 0 Å². The first-order valence-electron chi connectivity index (χ1n) is 9.93. The van der Waals surface area contributed by atoms with Crippen molar-refractivity contribution in [2.75, 3.05) is 25.6 Å². The Bertz CT molecular complexity index is 359. The first-order chi connectivity index (χ1) is 12.9. The molecule has 0 aromatic heterocycles. The predicted octanol–water partition coefficient (Wildman–Crippen LogP) is 4.83. The fourth-order valence-electron chi connectivity index (χ4n) is 2.34. The highest BCUT2D eigenvalue weighted by Crippen LogP contribution is 2.19. The van der Waals surface area contributed by atoms with E-state index in [0.29, 0.717) is 30.6 Å². The van der Waals surface area contributed by atoms with E-state index >= 15 is 0 Å². The molecule has 0 amide bonds. The molecule has 0 spiro atoms. The Morgan fingerprint density at radius 1 is 0.963 bits per heavy atom. The average molecular weight is 442 g/mol. The van der Waals surface area contributed by atoms with Crippen molar-refractivity contribution in [1.29, 1.82) is 0 Å². The molecule has 9 heteroatoms. The monoisotopic (exact) mass is 441 g/mol. The van der Waals surface area contributed by atoms with Gasteiger partial charge in [0.25, 0.3) is 0 Å². The number of carbonyl (C=O) groups is 1. The normalized spacial score (nSPS) is 11.0. The molecule has 0 radical (unpaired) electrons. The summed E-state index contributed by atoms with van der Waals surface area (Å²) in [7, 11) is -2.46. The maximum atomic E-state index is 10.0. The third-order valence-corrected chi connectivity index (χ3v) is 7.74. The molecular formula is C18H39NO5S2Si. The first-order valence-corrected chi connectivity index (χ1v) is 13.3. The summed E-state index contributed by atoms with van der Waals surface area (Å²) in [5.41, 5.74) is 5.43. The number of hydrogen-bond acceptors (Lipinski definition) is 6. The summed E-state index contributed by atoms with van der Waals surface area (Å²) in [6.45, 7) is 9.89. The summed E-state index contributed by atoms with van der Waals surface area (Å²) in [4.78, 5) is 10.0. The molecule has 3 N–H and O–H groups in total. The van der Waals surface area contributed by atoms with E-state index in [1.165, 1.54) is 31.0 Å². The quantitative estimate of drug-likeness (QED) is 0.200. The number of hydrogen-bond donors (Lipinski definition) is 2. The lowest BCUT2D eigenvalue weighted by Crippen LogP contribution is -2.46. The van der Waals surface area contributed by atoms with Crippen LogP contribution in [0.25, 0.3) is 0 Å². The van der Waals surface area contributed by atoms with Gasteiger partial charge in [0.05, 0.1) is 0 Å². The molecule has 27 heavy (non-hydrogen) atoms. The number of carboxylic acids is 1. The van der Waals surface area contributed by atoms with Gasteiger partial charge in [-0.3, -0.25) is 4.79 Å². The van der Waals surface area contributed by atoms with Gasteiger partial charge in [-0.05, 0) is 33.6 Å². The zero-order valence-corrected chi connectivity index (χ0v) is 20.1. The van der Waals surface area contributed by atoms with Crippen molar-refractivity contribution in [3.8, 4) is 0 Å². The maximum absolute atomic E-state index is 10.0. The van der Waals surface area contributed by atoms with E-state index < -0.39 is 14.8 Å². The van der Waals surface area contributed by atoms with Gasteiger partial charge >= 0.3 is 14.8 Å². The van der Waals surface area contributed by atoms with Crippen molar-refractivity contribution in [2.24, 2.45) is 5.73 Å². The Morgan fingerprint density at radius 2 is 1.48 bits per heavy atom. The second kappa shape index (κ2) is 20.5. The maximum Gasteiger partial charge on any atom is 0.500 e. The molecule has 0 unspecified atom stereocenters. The number of nitrogens with two attached hydrogens (primary N) is 1. The summed E-state index contributed by atoms with van der Waals surface area (Å²) < 4.78 is 17.7. The van der Waals surface area contributed by atoms with E-state index in [2.05, 4.69) is 6.92 Å². The molecule has 0 rings (SSSR count). The van der Waals surface area contributed by atoms with Gasteiger partial charge in [-0.1, -0.05) is 56.6 Å². The minimum atomic E-state index is -2.46. The SMILES string of the molecule is CCCCCCCC(=O)O.CCO[Si](CCCSC(N)=S)(OCC)OCC. The van der Waals surface area contributed by atoms with Crippen LogP contribution in [0.5, 0.6) is 0 Å². The molecule has 0 fully saturated rings. The molecule has 162 valence electrons. The molecule has 0 heterocycles. The zero-order chi connectivity index (χ0) is 21.0. The van der Waals surface area contributed by atoms with Crippen LogP contribution in [0.15, 0.2) is 0 Å². The number of carboxylic acid groups (broad SMARTS) is 1. The van der Waals surface area contributed by atoms with Crippen molar-refractivity contribution >= 4 is 43.1 Å². The second-order valence-electron chi connectivity index (χ2n) is 5.81. The van der Waals surface area contributed by atoms with E-state index in [-0.39, 0.29) is 0 Å². The Labute approximate surface area is 176 Å². The lowest BCUT2D eigenvalue weighted by Gasteiger charge is -2.28. The number of thiocarbonyl (C=S) groups is 1. The fraction of sp³-hybridized carbons (Fsp3) is 0.889. The highest BCUT2D eigenvalue weighted by atomic mass is 32.2. The Balaban J connectivity index is 0. The lowest BCUT2D eigenvalue weighted by atomic mass is 10.1. The van der Waals surface area contributed by atoms with Gasteiger partial charge in [-0.15, -0.1) is 0 Å². The molecular weight excluding hydrogens is 402 g/mol. The van der Waals surface area contributed by atoms with E-state index in [1.54, 1.807) is 0 Å². The molecule has 0 atom stereocenters. The highest BCUT2D eigenvalue weighted by molar-refractivity contribution is 8.22. The van der Waals surface area contributed by atoms with Gasteiger partial charge in [-0.2, -0.15) is 0 Å². The van der Waals surface area contributed by atoms with Gasteiger partial charge < -0.3 is 24.1 Å². The average Bonchev–Trinajstić information content (AvgIpc) is 2.59. The topological polar surface area (TPSA) is 91.0 Å². The number of aliphatic carboxylic acids is 1. The van der Waals surface area contributed by atoms with Crippen LogP contribution in [0.3, 0.4) is 0 Å². The minimum absolute atomic E-state index is 0.337. The van der Waals surface area contributed by atoms with Crippen LogP contribution < -0.4 is 5.73 Å². The molecule has 0 aliphatic carbocycles. The van der Waals surface area contributed by atoms with Crippen LogP contribution in [0.2, 0.25) is 6.04 Å². The third kappa shape index (κ3) is 20.4. The molecule has 6 nitrogen and oxygen atoms in total. The third-order valence-electron chi connectivity index (χ3n) is 3.46. The molecule has 0 aliphatic rings. The van der Waals surface area contributed by atoms with E-state index in [9.17, 15) is 4.79 Å². The van der Waals surface area contributed by atoms with Crippen LogP contribution in [-0.2, 0) is 18.1 Å². The fourth-order valence-corrected chi connectivity index (χ4v) is 5.95. The summed E-state index contributed by atoms with van der Waals surface area (Å²) in [6, 6.07) is 0.818. The standard InChI is InChI=1S/C10H23NO3S2Si.C8H16O2/c1-4-12-17(13-5-2,14-6-3)9-7-8-16-10(11)15;1-2-3-4-5-6-7-8(9)10/h4-9H2,1-3H3,(H2,11,15);2-7H2,1H3,(H,9,10). The van der Waals surface area contributed by atoms with Crippen molar-refractivity contribution in [3.05, 3.63) is 0 Å². The number of rotatable bonds is 16. The number of thioether (sulfide) groups is 1. The van der Waals surface area contributed by atoms with Crippen molar-refractivity contribution in [1.82, 2.24) is 0 Å². The Kier molecular flexibility index (Phi) is 22.1. The lowest BCUT2D eigenvalue weighted by molar-refractivity contribution is -0.137. The molecule has 0 bridgehead atoms. The van der Waals surface area contributed by atoms with Crippen LogP contribution in [0.1, 0.15) is 72.6 Å². The van der Waals surface area contributed by atoms with Crippen LogP contribution in [-0.4, -0.2) is 49.8 Å². The van der Waals surface area contributed by atoms with Gasteiger partial charge in [0.2, 0.25) is 0 Å². The zero-order valence-electron chi connectivity index (χ0n) is 17.5.